The molecule has 1 N–H and O–H groups in total. The summed E-state index contributed by atoms with van der Waals surface area (Å²) in [6, 6.07) is 3.76. The number of carbonyl (C=O) groups is 1. The van der Waals surface area contributed by atoms with E-state index in [1.165, 1.54) is 0 Å². The molecule has 142 valence electrons. The minimum Gasteiger partial charge on any atom is -0.464 e. The van der Waals surface area contributed by atoms with Gasteiger partial charge in [0.05, 0.1) is 18.3 Å². The molecule has 2 heterocycles. The lowest BCUT2D eigenvalue weighted by Crippen LogP contribution is -2.53. The van der Waals surface area contributed by atoms with E-state index in [2.05, 4.69) is 0 Å². The zero-order chi connectivity index (χ0) is 18.9. The molecule has 26 heavy (non-hydrogen) atoms. The van der Waals surface area contributed by atoms with Gasteiger partial charge in [-0.25, -0.2) is 0 Å². The third kappa shape index (κ3) is 3.75. The fourth-order valence-electron chi connectivity index (χ4n) is 3.66. The molecule has 1 aliphatic heterocycles. The second kappa shape index (κ2) is 7.59. The predicted octanol–water partition coefficient (Wildman–Crippen LogP) is 3.57. The molecule has 1 aromatic heterocycles. The van der Waals surface area contributed by atoms with Crippen LogP contribution in [0.3, 0.4) is 0 Å². The molecule has 5 nitrogen and oxygen atoms in total. The molecule has 0 spiro atoms. The molecule has 0 unspecified atom stereocenters. The normalized spacial score (nSPS) is 23.6. The topological polar surface area (TPSA) is 62.9 Å². The number of fused-ring (bicyclic) bond motifs is 1. The summed E-state index contributed by atoms with van der Waals surface area (Å²) in [6.07, 6.45) is 3.08. The van der Waals surface area contributed by atoms with Crippen LogP contribution in [-0.2, 0) is 16.0 Å². The molecule has 2 aromatic rings. The van der Waals surface area contributed by atoms with Gasteiger partial charge in [-0.05, 0) is 37.5 Å². The second-order valence-corrected chi connectivity index (χ2v) is 7.78. The van der Waals surface area contributed by atoms with Crippen molar-refractivity contribution in [1.29, 1.82) is 0 Å². The Hall–Kier alpha value is -1.56. The number of aliphatic hydroxyl groups is 1. The van der Waals surface area contributed by atoms with E-state index in [1.807, 2.05) is 30.9 Å². The number of ether oxygens (including phenoxy) is 1. The van der Waals surface area contributed by atoms with Crippen LogP contribution in [0.15, 0.2) is 22.8 Å². The summed E-state index contributed by atoms with van der Waals surface area (Å²) in [5.41, 5.74) is 1.78. The molecule has 0 radical (unpaired) electrons. The fraction of sp³-hybridized carbons (Fsp3) is 0.550. The largest absolute Gasteiger partial charge is 0.464 e. The molecule has 0 aliphatic carbocycles. The van der Waals surface area contributed by atoms with Crippen LogP contribution < -0.4 is 0 Å². The van der Waals surface area contributed by atoms with E-state index in [1.54, 1.807) is 13.4 Å². The predicted molar refractivity (Wildman–Crippen MR) is 101 cm³/mol. The highest BCUT2D eigenvalue weighted by atomic mass is 35.5. The zero-order valence-electron chi connectivity index (χ0n) is 15.5. The summed E-state index contributed by atoms with van der Waals surface area (Å²) in [5.74, 6) is 0.0542. The minimum absolute atomic E-state index is 0.00791. The highest BCUT2D eigenvalue weighted by molar-refractivity contribution is 6.32. The van der Waals surface area contributed by atoms with Crippen LogP contribution in [0, 0.1) is 12.8 Å². The van der Waals surface area contributed by atoms with Crippen molar-refractivity contribution in [3.8, 4) is 0 Å². The van der Waals surface area contributed by atoms with Gasteiger partial charge in [0.25, 0.3) is 0 Å². The van der Waals surface area contributed by atoms with Crippen molar-refractivity contribution in [1.82, 2.24) is 4.90 Å². The smallest absolute Gasteiger partial charge is 0.227 e. The van der Waals surface area contributed by atoms with E-state index in [0.717, 1.165) is 22.1 Å². The van der Waals surface area contributed by atoms with Gasteiger partial charge in [-0.2, -0.15) is 0 Å². The average molecular weight is 380 g/mol. The van der Waals surface area contributed by atoms with Gasteiger partial charge < -0.3 is 19.2 Å². The van der Waals surface area contributed by atoms with Crippen molar-refractivity contribution in [2.24, 2.45) is 5.92 Å². The second-order valence-electron chi connectivity index (χ2n) is 7.37. The highest BCUT2D eigenvalue weighted by Crippen LogP contribution is 2.32. The van der Waals surface area contributed by atoms with Gasteiger partial charge in [0.1, 0.15) is 5.58 Å². The molecule has 1 saturated heterocycles. The lowest BCUT2D eigenvalue weighted by Gasteiger charge is -2.43. The van der Waals surface area contributed by atoms with Gasteiger partial charge in [-0.3, -0.25) is 4.79 Å². The van der Waals surface area contributed by atoms with E-state index in [9.17, 15) is 9.90 Å². The Labute approximate surface area is 158 Å². The minimum atomic E-state index is -0.764. The lowest BCUT2D eigenvalue weighted by atomic mass is 9.79. The monoisotopic (exact) mass is 379 g/mol. The number of hydrogen-bond donors (Lipinski definition) is 1. The van der Waals surface area contributed by atoms with Crippen molar-refractivity contribution < 1.29 is 19.1 Å². The highest BCUT2D eigenvalue weighted by Gasteiger charge is 2.39. The van der Waals surface area contributed by atoms with Gasteiger partial charge >= 0.3 is 0 Å². The molecular weight excluding hydrogens is 354 g/mol. The number of benzene rings is 1. The zero-order valence-corrected chi connectivity index (χ0v) is 16.3. The van der Waals surface area contributed by atoms with E-state index in [0.29, 0.717) is 37.6 Å². The maximum atomic E-state index is 12.8. The number of piperidine rings is 1. The SMILES string of the molecule is COCC[C@]1(O)CCN(C(=O)Cc2coc3cc(C)c(Cl)cc23)C[C@H]1C. The number of furan rings is 1. The molecular formula is C20H26ClNO4. The number of nitrogens with zero attached hydrogens (tertiary/aromatic N) is 1. The number of methoxy groups -OCH3 is 1. The summed E-state index contributed by atoms with van der Waals surface area (Å²) in [5, 5.41) is 12.3. The van der Waals surface area contributed by atoms with Gasteiger partial charge in [0.15, 0.2) is 0 Å². The van der Waals surface area contributed by atoms with Crippen molar-refractivity contribution in [3.63, 3.8) is 0 Å². The first kappa shape index (κ1) is 19.2. The summed E-state index contributed by atoms with van der Waals surface area (Å²) in [6.45, 7) is 5.55. The fourth-order valence-corrected chi connectivity index (χ4v) is 3.82. The molecule has 1 aromatic carbocycles. The molecule has 3 rings (SSSR count). The molecule has 0 bridgehead atoms. The van der Waals surface area contributed by atoms with Crippen LogP contribution in [0.25, 0.3) is 11.0 Å². The number of halogens is 1. The maximum Gasteiger partial charge on any atom is 0.227 e. The van der Waals surface area contributed by atoms with Crippen molar-refractivity contribution in [2.75, 3.05) is 26.8 Å². The standard InChI is InChI=1S/C20H26ClNO4/c1-13-8-18-16(10-17(13)21)15(12-26-18)9-19(23)22-6-4-20(24,5-7-25-3)14(2)11-22/h8,10,12,14,24H,4-7,9,11H2,1-3H3/t14-,20-/m1/s1. The van der Waals surface area contributed by atoms with Gasteiger partial charge in [0, 0.05) is 48.7 Å². The van der Waals surface area contributed by atoms with Crippen LogP contribution in [0.1, 0.15) is 30.9 Å². The molecule has 1 aliphatic rings. The number of carbonyl (C=O) groups excluding carboxylic acids is 1. The Morgan fingerprint density at radius 2 is 2.27 bits per heavy atom. The molecule has 1 fully saturated rings. The first-order valence-electron chi connectivity index (χ1n) is 8.99. The number of rotatable bonds is 5. The lowest BCUT2D eigenvalue weighted by molar-refractivity contribution is -0.139. The van der Waals surface area contributed by atoms with Crippen LogP contribution >= 0.6 is 11.6 Å². The van der Waals surface area contributed by atoms with Gasteiger partial charge in [-0.1, -0.05) is 18.5 Å². The Balaban J connectivity index is 1.69. The molecule has 6 heteroatoms. The summed E-state index contributed by atoms with van der Waals surface area (Å²) >= 11 is 6.22. The van der Waals surface area contributed by atoms with E-state index >= 15 is 0 Å². The summed E-state index contributed by atoms with van der Waals surface area (Å²) in [4.78, 5) is 14.6. The first-order valence-corrected chi connectivity index (χ1v) is 9.37. The van der Waals surface area contributed by atoms with Crippen LogP contribution in [0.4, 0.5) is 0 Å². The third-order valence-corrected chi connectivity index (χ3v) is 6.00. The molecule has 0 saturated carbocycles. The molecule has 1 amide bonds. The van der Waals surface area contributed by atoms with E-state index in [-0.39, 0.29) is 18.2 Å². The summed E-state index contributed by atoms with van der Waals surface area (Å²) < 4.78 is 10.7. The van der Waals surface area contributed by atoms with Crippen LogP contribution in [0.5, 0.6) is 0 Å². The maximum absolute atomic E-state index is 12.8. The number of amides is 1. The van der Waals surface area contributed by atoms with E-state index in [4.69, 9.17) is 20.8 Å². The number of aryl methyl sites for hydroxylation is 1. The van der Waals surface area contributed by atoms with Crippen molar-refractivity contribution >= 4 is 28.5 Å². The number of hydrogen-bond acceptors (Lipinski definition) is 4. The van der Waals surface area contributed by atoms with E-state index < -0.39 is 5.60 Å². The quantitative estimate of drug-likeness (QED) is 0.862. The summed E-state index contributed by atoms with van der Waals surface area (Å²) in [7, 11) is 1.63. The third-order valence-electron chi connectivity index (χ3n) is 5.59. The Morgan fingerprint density at radius 3 is 2.96 bits per heavy atom. The van der Waals surface area contributed by atoms with Crippen molar-refractivity contribution in [2.45, 2.75) is 38.7 Å². The van der Waals surface area contributed by atoms with Gasteiger partial charge in [0.2, 0.25) is 5.91 Å². The Morgan fingerprint density at radius 1 is 1.50 bits per heavy atom. The first-order chi connectivity index (χ1) is 12.3. The Bertz CT molecular complexity index is 802. The average Bonchev–Trinajstić information content (AvgIpc) is 2.98. The van der Waals surface area contributed by atoms with Crippen LogP contribution in [-0.4, -0.2) is 48.3 Å². The van der Waals surface area contributed by atoms with Gasteiger partial charge in [-0.15, -0.1) is 0 Å². The molecule has 2 atom stereocenters. The van der Waals surface area contributed by atoms with Crippen LogP contribution in [0.2, 0.25) is 5.02 Å². The van der Waals surface area contributed by atoms with Crippen molar-refractivity contribution in [3.05, 3.63) is 34.5 Å². The Kier molecular flexibility index (Phi) is 5.61. The number of likely N-dealkylation sites (tertiary alicyclic amines) is 1.